The van der Waals surface area contributed by atoms with Crippen molar-refractivity contribution in [1.29, 1.82) is 0 Å². The average molecular weight is 423 g/mol. The highest BCUT2D eigenvalue weighted by molar-refractivity contribution is 7.07. The molecule has 0 fully saturated rings. The van der Waals surface area contributed by atoms with Crippen LogP contribution in [-0.4, -0.2) is 27.4 Å². The third-order valence-electron chi connectivity index (χ3n) is 5.14. The number of carbonyl (C=O) groups is 1. The van der Waals surface area contributed by atoms with Crippen LogP contribution in [0.15, 0.2) is 57.6 Å². The number of rotatable bonds is 4. The molecule has 0 amide bonds. The Morgan fingerprint density at radius 3 is 2.63 bits per heavy atom. The lowest BCUT2D eigenvalue weighted by Crippen LogP contribution is -2.39. The van der Waals surface area contributed by atoms with Gasteiger partial charge in [-0.05, 0) is 32.4 Å². The van der Waals surface area contributed by atoms with Gasteiger partial charge in [-0.25, -0.2) is 9.79 Å². The van der Waals surface area contributed by atoms with Crippen LogP contribution in [0.25, 0.3) is 6.08 Å². The molecule has 1 aliphatic heterocycles. The van der Waals surface area contributed by atoms with Crippen molar-refractivity contribution in [2.45, 2.75) is 33.4 Å². The van der Waals surface area contributed by atoms with Crippen LogP contribution in [0, 0.1) is 6.92 Å². The van der Waals surface area contributed by atoms with Gasteiger partial charge in [0.1, 0.15) is 0 Å². The topological polar surface area (TPSA) is 78.5 Å². The summed E-state index contributed by atoms with van der Waals surface area (Å²) < 4.78 is 8.99. The Kier molecular flexibility index (Phi) is 5.26. The van der Waals surface area contributed by atoms with Crippen LogP contribution in [0.5, 0.6) is 0 Å². The number of hydrogen-bond acceptors (Lipinski definition) is 6. The van der Waals surface area contributed by atoms with Crippen LogP contribution in [0.1, 0.15) is 36.7 Å². The van der Waals surface area contributed by atoms with E-state index in [1.54, 1.807) is 11.5 Å². The average Bonchev–Trinajstić information content (AvgIpc) is 3.26. The van der Waals surface area contributed by atoms with Gasteiger partial charge < -0.3 is 4.74 Å². The fraction of sp³-hybridized carbons (Fsp3) is 0.273. The van der Waals surface area contributed by atoms with Gasteiger partial charge in [0.15, 0.2) is 4.80 Å². The molecule has 1 atom stereocenters. The Morgan fingerprint density at radius 2 is 2.00 bits per heavy atom. The fourth-order valence-corrected chi connectivity index (χ4v) is 4.66. The Labute approximate surface area is 177 Å². The minimum absolute atomic E-state index is 0.190. The lowest BCUT2D eigenvalue weighted by atomic mass is 9.96. The molecule has 0 saturated heterocycles. The minimum atomic E-state index is -0.587. The SMILES string of the molecule is CCn1cc(/C=c2\sc3n(c2=O)C(c2ccccc2)C(C(=O)OC)=C(C)N=3)c(C)n1. The molecule has 3 aromatic rings. The molecular formula is C22H22N4O3S. The summed E-state index contributed by atoms with van der Waals surface area (Å²) >= 11 is 1.31. The molecule has 0 saturated carbocycles. The van der Waals surface area contributed by atoms with Gasteiger partial charge >= 0.3 is 5.97 Å². The maximum atomic E-state index is 13.4. The van der Waals surface area contributed by atoms with Gasteiger partial charge in [0.2, 0.25) is 0 Å². The molecule has 1 unspecified atom stereocenters. The first-order valence-corrected chi connectivity index (χ1v) is 10.5. The third-order valence-corrected chi connectivity index (χ3v) is 6.12. The number of aromatic nitrogens is 3. The number of nitrogens with zero attached hydrogens (tertiary/aromatic N) is 4. The van der Waals surface area contributed by atoms with E-state index in [2.05, 4.69) is 10.1 Å². The maximum absolute atomic E-state index is 13.4. The number of methoxy groups -OCH3 is 1. The molecule has 1 aromatic carbocycles. The number of allylic oxidation sites excluding steroid dienone is 1. The molecule has 0 N–H and O–H groups in total. The van der Waals surface area contributed by atoms with E-state index in [1.165, 1.54) is 18.4 Å². The van der Waals surface area contributed by atoms with Crippen molar-refractivity contribution >= 4 is 23.4 Å². The van der Waals surface area contributed by atoms with Crippen molar-refractivity contribution in [2.75, 3.05) is 7.11 Å². The first-order chi connectivity index (χ1) is 14.4. The van der Waals surface area contributed by atoms with Crippen molar-refractivity contribution in [3.05, 3.63) is 84.3 Å². The molecule has 0 aliphatic carbocycles. The van der Waals surface area contributed by atoms with Crippen molar-refractivity contribution < 1.29 is 9.53 Å². The van der Waals surface area contributed by atoms with Gasteiger partial charge in [-0.15, -0.1) is 0 Å². The summed E-state index contributed by atoms with van der Waals surface area (Å²) in [6.45, 7) is 6.46. The number of benzene rings is 1. The molecule has 30 heavy (non-hydrogen) atoms. The molecule has 154 valence electrons. The van der Waals surface area contributed by atoms with Gasteiger partial charge in [0, 0.05) is 18.3 Å². The second kappa shape index (κ2) is 7.87. The molecular weight excluding hydrogens is 400 g/mol. The summed E-state index contributed by atoms with van der Waals surface area (Å²) in [6.07, 6.45) is 3.77. The first-order valence-electron chi connectivity index (χ1n) is 9.64. The zero-order valence-electron chi connectivity index (χ0n) is 17.2. The number of aryl methyl sites for hydroxylation is 2. The summed E-state index contributed by atoms with van der Waals surface area (Å²) in [5, 5.41) is 4.45. The Hall–Kier alpha value is -3.26. The van der Waals surface area contributed by atoms with Crippen molar-refractivity contribution in [3.8, 4) is 0 Å². The highest BCUT2D eigenvalue weighted by Crippen LogP contribution is 2.30. The Morgan fingerprint density at radius 1 is 1.27 bits per heavy atom. The quantitative estimate of drug-likeness (QED) is 0.602. The van der Waals surface area contributed by atoms with E-state index < -0.39 is 12.0 Å². The van der Waals surface area contributed by atoms with Gasteiger partial charge in [0.25, 0.3) is 5.56 Å². The summed E-state index contributed by atoms with van der Waals surface area (Å²) in [7, 11) is 1.34. The van der Waals surface area contributed by atoms with Crippen LogP contribution in [0.3, 0.4) is 0 Å². The van der Waals surface area contributed by atoms with Crippen LogP contribution >= 0.6 is 11.3 Å². The third kappa shape index (κ3) is 3.33. The van der Waals surface area contributed by atoms with Gasteiger partial charge in [-0.1, -0.05) is 41.7 Å². The number of carbonyl (C=O) groups excluding carboxylic acids is 1. The summed E-state index contributed by atoms with van der Waals surface area (Å²) in [5.74, 6) is -0.487. The normalized spacial score (nSPS) is 16.4. The monoisotopic (exact) mass is 422 g/mol. The highest BCUT2D eigenvalue weighted by atomic mass is 32.1. The van der Waals surface area contributed by atoms with Gasteiger partial charge in [-0.2, -0.15) is 5.10 Å². The lowest BCUT2D eigenvalue weighted by molar-refractivity contribution is -0.136. The predicted molar refractivity (Wildman–Crippen MR) is 115 cm³/mol. The number of hydrogen-bond donors (Lipinski definition) is 0. The molecule has 8 heteroatoms. The second-order valence-electron chi connectivity index (χ2n) is 7.01. The first kappa shape index (κ1) is 20.0. The molecule has 1 aliphatic rings. The summed E-state index contributed by atoms with van der Waals surface area (Å²) in [5.41, 5.74) is 3.31. The molecule has 0 radical (unpaired) electrons. The number of ether oxygens (including phenoxy) is 1. The fourth-order valence-electron chi connectivity index (χ4n) is 3.62. The van der Waals surface area contributed by atoms with E-state index in [-0.39, 0.29) is 5.56 Å². The molecule has 2 aromatic heterocycles. The van der Waals surface area contributed by atoms with E-state index in [1.807, 2.05) is 61.1 Å². The summed E-state index contributed by atoms with van der Waals surface area (Å²) in [6, 6.07) is 8.89. The minimum Gasteiger partial charge on any atom is -0.466 e. The van der Waals surface area contributed by atoms with Crippen LogP contribution < -0.4 is 14.9 Å². The van der Waals surface area contributed by atoms with Gasteiger partial charge in [0.05, 0.1) is 34.6 Å². The summed E-state index contributed by atoms with van der Waals surface area (Å²) in [4.78, 5) is 31.1. The van der Waals surface area contributed by atoms with E-state index >= 15 is 0 Å². The standard InChI is InChI=1S/C22H22N4O3S/c1-5-25-12-16(13(2)24-25)11-17-20(27)26-19(15-9-7-6-8-10-15)18(21(28)29-4)14(3)23-22(26)30-17/h6-12,19H,5H2,1-4H3/b17-11-. The highest BCUT2D eigenvalue weighted by Gasteiger charge is 2.32. The van der Waals surface area contributed by atoms with E-state index in [9.17, 15) is 9.59 Å². The predicted octanol–water partition coefficient (Wildman–Crippen LogP) is 1.93. The molecule has 3 heterocycles. The van der Waals surface area contributed by atoms with Crippen molar-refractivity contribution in [3.63, 3.8) is 0 Å². The lowest BCUT2D eigenvalue weighted by Gasteiger charge is -2.24. The largest absolute Gasteiger partial charge is 0.466 e. The van der Waals surface area contributed by atoms with E-state index in [0.29, 0.717) is 20.6 Å². The zero-order chi connectivity index (χ0) is 21.4. The molecule has 7 nitrogen and oxygen atoms in total. The number of esters is 1. The maximum Gasteiger partial charge on any atom is 0.338 e. The Balaban J connectivity index is 1.97. The molecule has 0 spiro atoms. The Bertz CT molecular complexity index is 1330. The second-order valence-corrected chi connectivity index (χ2v) is 8.02. The van der Waals surface area contributed by atoms with Crippen LogP contribution in [-0.2, 0) is 16.1 Å². The van der Waals surface area contributed by atoms with E-state index in [0.717, 1.165) is 23.4 Å². The number of fused-ring (bicyclic) bond motifs is 1. The van der Waals surface area contributed by atoms with E-state index in [4.69, 9.17) is 4.74 Å². The zero-order valence-corrected chi connectivity index (χ0v) is 18.1. The van der Waals surface area contributed by atoms with Gasteiger partial charge in [-0.3, -0.25) is 14.0 Å². The molecule has 4 rings (SSSR count). The van der Waals surface area contributed by atoms with Crippen molar-refractivity contribution in [2.24, 2.45) is 4.99 Å². The van der Waals surface area contributed by atoms with Crippen molar-refractivity contribution in [1.82, 2.24) is 14.3 Å². The smallest absolute Gasteiger partial charge is 0.338 e. The van der Waals surface area contributed by atoms with Crippen LogP contribution in [0.4, 0.5) is 0 Å². The molecule has 0 bridgehead atoms. The van der Waals surface area contributed by atoms with Crippen LogP contribution in [0.2, 0.25) is 0 Å². The number of thiazole rings is 1.